The van der Waals surface area contributed by atoms with E-state index in [0.29, 0.717) is 34.3 Å². The van der Waals surface area contributed by atoms with Crippen molar-refractivity contribution in [3.05, 3.63) is 40.7 Å². The van der Waals surface area contributed by atoms with Crippen LogP contribution in [0.15, 0.2) is 24.4 Å². The molecule has 2 rings (SSSR count). The molecule has 20 heavy (non-hydrogen) atoms. The zero-order chi connectivity index (χ0) is 14.7. The van der Waals surface area contributed by atoms with Crippen LogP contribution in [0.2, 0.25) is 5.02 Å². The molecule has 0 spiro atoms. The first-order valence-corrected chi connectivity index (χ1v) is 6.48. The predicted molar refractivity (Wildman–Crippen MR) is 75.9 cm³/mol. The average molecular weight is 295 g/mol. The number of hydrogen-bond acceptors (Lipinski definition) is 4. The summed E-state index contributed by atoms with van der Waals surface area (Å²) in [7, 11) is 3.07. The highest BCUT2D eigenvalue weighted by Gasteiger charge is 2.20. The number of carbonyl (C=O) groups excluding carboxylic acids is 1. The molecule has 0 amide bonds. The number of aromatic nitrogens is 2. The third-order valence-electron chi connectivity index (χ3n) is 2.96. The van der Waals surface area contributed by atoms with Crippen LogP contribution in [0.1, 0.15) is 23.0 Å². The van der Waals surface area contributed by atoms with E-state index in [1.165, 1.54) is 13.3 Å². The Morgan fingerprint density at radius 3 is 2.60 bits per heavy atom. The number of aryl methyl sites for hydroxylation is 1. The normalized spacial score (nSPS) is 10.4. The summed E-state index contributed by atoms with van der Waals surface area (Å²) in [6, 6.07) is 4.99. The highest BCUT2D eigenvalue weighted by Crippen LogP contribution is 2.29. The molecule has 106 valence electrons. The topological polar surface area (TPSA) is 53.4 Å². The van der Waals surface area contributed by atoms with Gasteiger partial charge in [0.15, 0.2) is 11.5 Å². The van der Waals surface area contributed by atoms with Gasteiger partial charge in [0.25, 0.3) is 0 Å². The van der Waals surface area contributed by atoms with Crippen LogP contribution in [0, 0.1) is 0 Å². The Balaban J connectivity index is 2.45. The highest BCUT2D eigenvalue weighted by molar-refractivity contribution is 6.34. The van der Waals surface area contributed by atoms with Crippen LogP contribution in [0.5, 0.6) is 11.5 Å². The van der Waals surface area contributed by atoms with Gasteiger partial charge in [-0.25, -0.2) is 0 Å². The van der Waals surface area contributed by atoms with Crippen molar-refractivity contribution in [2.45, 2.75) is 13.5 Å². The van der Waals surface area contributed by atoms with Gasteiger partial charge in [-0.1, -0.05) is 11.6 Å². The number of ketones is 1. The fourth-order valence-electron chi connectivity index (χ4n) is 1.94. The van der Waals surface area contributed by atoms with Crippen LogP contribution < -0.4 is 9.47 Å². The number of benzene rings is 1. The molecule has 0 N–H and O–H groups in total. The summed E-state index contributed by atoms with van der Waals surface area (Å²) in [6.07, 6.45) is 1.47. The lowest BCUT2D eigenvalue weighted by Crippen LogP contribution is -2.11. The molecule has 1 heterocycles. The first-order chi connectivity index (χ1) is 9.62. The maximum atomic E-state index is 12.5. The number of hydrogen-bond donors (Lipinski definition) is 0. The van der Waals surface area contributed by atoms with Crippen LogP contribution in [0.3, 0.4) is 0 Å². The SMILES string of the molecule is CCn1ncc(Cl)c1C(=O)c1ccc(OC)c(OC)c1. The number of nitrogens with zero attached hydrogens (tertiary/aromatic N) is 2. The molecule has 0 saturated heterocycles. The molecule has 0 aliphatic rings. The molecule has 1 aromatic carbocycles. The minimum atomic E-state index is -0.199. The maximum absolute atomic E-state index is 12.5. The molecule has 1 aromatic heterocycles. The van der Waals surface area contributed by atoms with E-state index in [-0.39, 0.29) is 5.78 Å². The molecule has 0 aliphatic heterocycles. The Kier molecular flexibility index (Phi) is 4.29. The van der Waals surface area contributed by atoms with Gasteiger partial charge in [-0.05, 0) is 25.1 Å². The zero-order valence-corrected chi connectivity index (χ0v) is 12.3. The van der Waals surface area contributed by atoms with Gasteiger partial charge in [0, 0.05) is 12.1 Å². The van der Waals surface area contributed by atoms with Crippen LogP contribution >= 0.6 is 11.6 Å². The Hall–Kier alpha value is -2.01. The summed E-state index contributed by atoms with van der Waals surface area (Å²) in [4.78, 5) is 12.5. The van der Waals surface area contributed by atoms with E-state index in [2.05, 4.69) is 5.10 Å². The van der Waals surface area contributed by atoms with E-state index in [1.807, 2.05) is 6.92 Å². The Bertz CT molecular complexity index is 637. The fourth-order valence-corrected chi connectivity index (χ4v) is 2.17. The first kappa shape index (κ1) is 14.4. The average Bonchev–Trinajstić information content (AvgIpc) is 2.86. The van der Waals surface area contributed by atoms with Crippen molar-refractivity contribution in [1.29, 1.82) is 0 Å². The molecular formula is C14H15ClN2O3. The second-order valence-corrected chi connectivity index (χ2v) is 4.46. The first-order valence-electron chi connectivity index (χ1n) is 6.10. The van der Waals surface area contributed by atoms with Gasteiger partial charge < -0.3 is 9.47 Å². The molecule has 0 unspecified atom stereocenters. The molecule has 0 bridgehead atoms. The van der Waals surface area contributed by atoms with Crippen molar-refractivity contribution in [2.75, 3.05) is 14.2 Å². The lowest BCUT2D eigenvalue weighted by atomic mass is 10.1. The lowest BCUT2D eigenvalue weighted by molar-refractivity contribution is 0.102. The molecule has 2 aromatic rings. The number of carbonyl (C=O) groups is 1. The number of halogens is 1. The van der Waals surface area contributed by atoms with Crippen LogP contribution in [0.4, 0.5) is 0 Å². The monoisotopic (exact) mass is 294 g/mol. The van der Waals surface area contributed by atoms with E-state index in [0.717, 1.165) is 0 Å². The summed E-state index contributed by atoms with van der Waals surface area (Å²) < 4.78 is 11.9. The third kappa shape index (κ3) is 2.49. The number of ether oxygens (including phenoxy) is 2. The zero-order valence-electron chi connectivity index (χ0n) is 11.5. The van der Waals surface area contributed by atoms with Gasteiger partial charge in [-0.3, -0.25) is 9.48 Å². The van der Waals surface area contributed by atoms with E-state index in [9.17, 15) is 4.79 Å². The summed E-state index contributed by atoms with van der Waals surface area (Å²) >= 11 is 6.04. The summed E-state index contributed by atoms with van der Waals surface area (Å²) in [5.41, 5.74) is 0.848. The fraction of sp³-hybridized carbons (Fsp3) is 0.286. The van der Waals surface area contributed by atoms with Gasteiger partial charge >= 0.3 is 0 Å². The lowest BCUT2D eigenvalue weighted by Gasteiger charge is -2.10. The van der Waals surface area contributed by atoms with Gasteiger partial charge in [0.1, 0.15) is 5.69 Å². The number of rotatable bonds is 5. The smallest absolute Gasteiger partial charge is 0.212 e. The maximum Gasteiger partial charge on any atom is 0.212 e. The standard InChI is InChI=1S/C14H15ClN2O3/c1-4-17-13(10(15)8-16-17)14(18)9-5-6-11(19-2)12(7-9)20-3/h5-8H,4H2,1-3H3. The Labute approximate surface area is 122 Å². The van der Waals surface area contributed by atoms with Crippen molar-refractivity contribution >= 4 is 17.4 Å². The number of methoxy groups -OCH3 is 2. The summed E-state index contributed by atoms with van der Waals surface area (Å²) in [6.45, 7) is 2.47. The van der Waals surface area contributed by atoms with Gasteiger partial charge in [-0.2, -0.15) is 5.10 Å². The molecule has 0 radical (unpaired) electrons. The summed E-state index contributed by atoms with van der Waals surface area (Å²) in [5, 5.41) is 4.40. The van der Waals surface area contributed by atoms with Gasteiger partial charge in [0.2, 0.25) is 5.78 Å². The van der Waals surface area contributed by atoms with Crippen molar-refractivity contribution in [1.82, 2.24) is 9.78 Å². The molecule has 0 atom stereocenters. The summed E-state index contributed by atoms with van der Waals surface area (Å²) in [5.74, 6) is 0.867. The molecule has 6 heteroatoms. The minimum Gasteiger partial charge on any atom is -0.493 e. The van der Waals surface area contributed by atoms with Crippen molar-refractivity contribution in [2.24, 2.45) is 0 Å². The van der Waals surface area contributed by atoms with E-state index in [4.69, 9.17) is 21.1 Å². The predicted octanol–water partition coefficient (Wildman–Crippen LogP) is 2.80. The molecular weight excluding hydrogens is 280 g/mol. The Morgan fingerprint density at radius 2 is 2.00 bits per heavy atom. The second-order valence-electron chi connectivity index (χ2n) is 4.06. The van der Waals surface area contributed by atoms with Crippen molar-refractivity contribution in [3.8, 4) is 11.5 Å². The molecule has 5 nitrogen and oxygen atoms in total. The quantitative estimate of drug-likeness (QED) is 0.796. The molecule has 0 aliphatic carbocycles. The van der Waals surface area contributed by atoms with Crippen molar-refractivity contribution < 1.29 is 14.3 Å². The van der Waals surface area contributed by atoms with Crippen molar-refractivity contribution in [3.63, 3.8) is 0 Å². The van der Waals surface area contributed by atoms with Crippen LogP contribution in [-0.2, 0) is 6.54 Å². The highest BCUT2D eigenvalue weighted by atomic mass is 35.5. The van der Waals surface area contributed by atoms with Gasteiger partial charge in [0.05, 0.1) is 25.4 Å². The van der Waals surface area contributed by atoms with Crippen LogP contribution in [-0.4, -0.2) is 29.8 Å². The minimum absolute atomic E-state index is 0.199. The largest absolute Gasteiger partial charge is 0.493 e. The second kappa shape index (κ2) is 5.96. The molecule has 0 fully saturated rings. The Morgan fingerprint density at radius 1 is 1.30 bits per heavy atom. The van der Waals surface area contributed by atoms with E-state index < -0.39 is 0 Å². The van der Waals surface area contributed by atoms with Crippen LogP contribution in [0.25, 0.3) is 0 Å². The van der Waals surface area contributed by atoms with Gasteiger partial charge in [-0.15, -0.1) is 0 Å². The van der Waals surface area contributed by atoms with E-state index >= 15 is 0 Å². The third-order valence-corrected chi connectivity index (χ3v) is 3.23. The molecule has 0 saturated carbocycles. The van der Waals surface area contributed by atoms with E-state index in [1.54, 1.807) is 30.0 Å².